The number of thiocarbonyl (C=S) groups is 1. The molecule has 6 heteroatoms. The molecule has 0 radical (unpaired) electrons. The van der Waals surface area contributed by atoms with Gasteiger partial charge in [0.25, 0.3) is 0 Å². The number of nitrogens with two attached hydrogens (primary N) is 1. The summed E-state index contributed by atoms with van der Waals surface area (Å²) in [7, 11) is 0. The number of nitrogens with one attached hydrogen (secondary N) is 1. The Morgan fingerprint density at radius 3 is 2.68 bits per heavy atom. The summed E-state index contributed by atoms with van der Waals surface area (Å²) in [5, 5.41) is 4.41. The summed E-state index contributed by atoms with van der Waals surface area (Å²) in [4.78, 5) is 4.32. The molecule has 0 atom stereocenters. The smallest absolute Gasteiger partial charge is 0.122 e. The molecule has 0 bridgehead atoms. The van der Waals surface area contributed by atoms with Crippen molar-refractivity contribution in [3.8, 4) is 0 Å². The van der Waals surface area contributed by atoms with Crippen molar-refractivity contribution in [2.45, 2.75) is 6.92 Å². The van der Waals surface area contributed by atoms with Crippen molar-refractivity contribution < 1.29 is 0 Å². The van der Waals surface area contributed by atoms with Crippen LogP contribution in [0.2, 0.25) is 10.0 Å². The molecule has 1 aromatic carbocycles. The lowest BCUT2D eigenvalue weighted by Gasteiger charge is -2.11. The summed E-state index contributed by atoms with van der Waals surface area (Å²) in [5.74, 6) is 0. The Morgan fingerprint density at radius 1 is 1.26 bits per heavy atom. The van der Waals surface area contributed by atoms with E-state index in [0.717, 1.165) is 16.9 Å². The molecule has 0 fully saturated rings. The molecule has 0 saturated heterocycles. The molecular weight excluding hydrogens is 301 g/mol. The van der Waals surface area contributed by atoms with E-state index in [9.17, 15) is 0 Å². The fourth-order valence-electron chi connectivity index (χ4n) is 1.54. The Balaban J connectivity index is 2.33. The standard InChI is InChI=1S/C13H11Cl2N3S/c1-7-4-10(15)11(6-9(7)14)18-8-2-3-17-12(5-8)13(16)19/h2-6H,1H3,(H2,16,19)(H,17,18). The van der Waals surface area contributed by atoms with Crippen LogP contribution in [-0.4, -0.2) is 9.97 Å². The highest BCUT2D eigenvalue weighted by Gasteiger charge is 2.06. The summed E-state index contributed by atoms with van der Waals surface area (Å²) >= 11 is 17.1. The Kier molecular flexibility index (Phi) is 4.24. The number of nitrogens with zero attached hydrogens (tertiary/aromatic N) is 1. The monoisotopic (exact) mass is 311 g/mol. The number of rotatable bonds is 3. The van der Waals surface area contributed by atoms with Crippen LogP contribution in [0.15, 0.2) is 30.5 Å². The predicted octanol–water partition coefficient (Wildman–Crippen LogP) is 4.07. The molecule has 0 aliphatic rings. The van der Waals surface area contributed by atoms with Crippen LogP contribution in [0.25, 0.3) is 0 Å². The highest BCUT2D eigenvalue weighted by atomic mass is 35.5. The molecule has 19 heavy (non-hydrogen) atoms. The van der Waals surface area contributed by atoms with E-state index < -0.39 is 0 Å². The lowest BCUT2D eigenvalue weighted by Crippen LogP contribution is -2.11. The molecule has 0 saturated carbocycles. The molecule has 98 valence electrons. The second-order valence-corrected chi connectivity index (χ2v) is 5.25. The summed E-state index contributed by atoms with van der Waals surface area (Å²) in [6.07, 6.45) is 1.63. The van der Waals surface area contributed by atoms with Crippen LogP contribution < -0.4 is 11.1 Å². The van der Waals surface area contributed by atoms with Crippen molar-refractivity contribution in [3.63, 3.8) is 0 Å². The maximum Gasteiger partial charge on any atom is 0.122 e. The van der Waals surface area contributed by atoms with Gasteiger partial charge in [0, 0.05) is 16.9 Å². The zero-order valence-electron chi connectivity index (χ0n) is 10.1. The van der Waals surface area contributed by atoms with Crippen molar-refractivity contribution >= 4 is 51.8 Å². The van der Waals surface area contributed by atoms with Gasteiger partial charge in [-0.15, -0.1) is 0 Å². The predicted molar refractivity (Wildman–Crippen MR) is 84.6 cm³/mol. The summed E-state index contributed by atoms with van der Waals surface area (Å²) in [6, 6.07) is 7.14. The Labute approximate surface area is 126 Å². The van der Waals surface area contributed by atoms with Crippen molar-refractivity contribution in [2.24, 2.45) is 5.73 Å². The Bertz CT molecular complexity index is 644. The molecule has 0 unspecified atom stereocenters. The van der Waals surface area contributed by atoms with Crippen LogP contribution in [-0.2, 0) is 0 Å². The fraction of sp³-hybridized carbons (Fsp3) is 0.0769. The number of benzene rings is 1. The molecule has 1 heterocycles. The lowest BCUT2D eigenvalue weighted by atomic mass is 10.2. The van der Waals surface area contributed by atoms with Gasteiger partial charge in [-0.25, -0.2) is 0 Å². The first kappa shape index (κ1) is 14.1. The minimum Gasteiger partial charge on any atom is -0.388 e. The molecule has 2 aromatic rings. The normalized spacial score (nSPS) is 10.3. The number of aromatic nitrogens is 1. The number of hydrogen-bond acceptors (Lipinski definition) is 3. The second kappa shape index (κ2) is 5.74. The third kappa shape index (κ3) is 3.35. The van der Waals surface area contributed by atoms with Gasteiger partial charge in [0.15, 0.2) is 0 Å². The van der Waals surface area contributed by atoms with E-state index in [4.69, 9.17) is 41.2 Å². The SMILES string of the molecule is Cc1cc(Cl)c(Nc2ccnc(C(N)=S)c2)cc1Cl. The maximum atomic E-state index is 6.17. The lowest BCUT2D eigenvalue weighted by molar-refractivity contribution is 1.29. The minimum absolute atomic E-state index is 0.247. The average molecular weight is 312 g/mol. The van der Waals surface area contributed by atoms with E-state index in [-0.39, 0.29) is 4.99 Å². The first-order valence-electron chi connectivity index (χ1n) is 5.46. The van der Waals surface area contributed by atoms with Gasteiger partial charge in [0.2, 0.25) is 0 Å². The van der Waals surface area contributed by atoms with Crippen LogP contribution in [0.5, 0.6) is 0 Å². The molecule has 3 nitrogen and oxygen atoms in total. The van der Waals surface area contributed by atoms with E-state index in [1.807, 2.05) is 13.0 Å². The van der Waals surface area contributed by atoms with E-state index in [1.54, 1.807) is 24.4 Å². The number of halogens is 2. The first-order chi connectivity index (χ1) is 8.97. The van der Waals surface area contributed by atoms with E-state index >= 15 is 0 Å². The van der Waals surface area contributed by atoms with E-state index in [1.165, 1.54) is 0 Å². The third-order valence-corrected chi connectivity index (χ3v) is 3.47. The Morgan fingerprint density at radius 2 is 2.00 bits per heavy atom. The number of aryl methyl sites for hydroxylation is 1. The average Bonchev–Trinajstić information content (AvgIpc) is 2.36. The van der Waals surface area contributed by atoms with Gasteiger partial charge < -0.3 is 11.1 Å². The first-order valence-corrected chi connectivity index (χ1v) is 6.62. The third-order valence-electron chi connectivity index (χ3n) is 2.54. The second-order valence-electron chi connectivity index (χ2n) is 4.00. The number of anilines is 2. The van der Waals surface area contributed by atoms with Gasteiger partial charge in [-0.1, -0.05) is 35.4 Å². The molecule has 1 aromatic heterocycles. The number of pyridine rings is 1. The van der Waals surface area contributed by atoms with Crippen LogP contribution >= 0.6 is 35.4 Å². The zero-order valence-corrected chi connectivity index (χ0v) is 12.4. The van der Waals surface area contributed by atoms with Gasteiger partial charge in [0.1, 0.15) is 4.99 Å². The quantitative estimate of drug-likeness (QED) is 0.839. The van der Waals surface area contributed by atoms with Crippen molar-refractivity contribution in [2.75, 3.05) is 5.32 Å². The molecule has 2 rings (SSSR count). The van der Waals surface area contributed by atoms with E-state index in [0.29, 0.717) is 15.7 Å². The van der Waals surface area contributed by atoms with Gasteiger partial charge in [-0.2, -0.15) is 0 Å². The van der Waals surface area contributed by atoms with Gasteiger partial charge in [-0.05, 0) is 36.8 Å². The summed E-state index contributed by atoms with van der Waals surface area (Å²) < 4.78 is 0. The van der Waals surface area contributed by atoms with Crippen molar-refractivity contribution in [1.82, 2.24) is 4.98 Å². The van der Waals surface area contributed by atoms with Gasteiger partial charge in [0.05, 0.1) is 16.4 Å². The molecule has 3 N–H and O–H groups in total. The van der Waals surface area contributed by atoms with Gasteiger partial charge >= 0.3 is 0 Å². The maximum absolute atomic E-state index is 6.17. The molecule has 0 aliphatic carbocycles. The van der Waals surface area contributed by atoms with Crippen LogP contribution in [0.3, 0.4) is 0 Å². The summed E-state index contributed by atoms with van der Waals surface area (Å²) in [5.41, 5.74) is 8.53. The minimum atomic E-state index is 0.247. The van der Waals surface area contributed by atoms with Crippen molar-refractivity contribution in [3.05, 3.63) is 51.8 Å². The molecular formula is C13H11Cl2N3S. The number of hydrogen-bond donors (Lipinski definition) is 2. The molecule has 0 amide bonds. The zero-order chi connectivity index (χ0) is 14.0. The molecule has 0 aliphatic heterocycles. The highest BCUT2D eigenvalue weighted by Crippen LogP contribution is 2.31. The fourth-order valence-corrected chi connectivity index (χ4v) is 2.08. The molecule has 0 spiro atoms. The topological polar surface area (TPSA) is 50.9 Å². The van der Waals surface area contributed by atoms with Crippen LogP contribution in [0.1, 0.15) is 11.3 Å². The van der Waals surface area contributed by atoms with E-state index in [2.05, 4.69) is 10.3 Å². The Hall–Kier alpha value is -1.36. The largest absolute Gasteiger partial charge is 0.388 e. The van der Waals surface area contributed by atoms with Gasteiger partial charge in [-0.3, -0.25) is 4.98 Å². The van der Waals surface area contributed by atoms with Crippen LogP contribution in [0, 0.1) is 6.92 Å². The van der Waals surface area contributed by atoms with Crippen LogP contribution in [0.4, 0.5) is 11.4 Å². The van der Waals surface area contributed by atoms with Crippen molar-refractivity contribution in [1.29, 1.82) is 0 Å². The summed E-state index contributed by atoms with van der Waals surface area (Å²) in [6.45, 7) is 1.90. The highest BCUT2D eigenvalue weighted by molar-refractivity contribution is 7.80.